The van der Waals surface area contributed by atoms with Gasteiger partial charge in [0.2, 0.25) is 0 Å². The third-order valence-electron chi connectivity index (χ3n) is 3.99. The second-order valence-electron chi connectivity index (χ2n) is 5.90. The normalized spacial score (nSPS) is 19.4. The van der Waals surface area contributed by atoms with Crippen LogP contribution >= 0.6 is 0 Å². The Morgan fingerprint density at radius 2 is 2.17 bits per heavy atom. The van der Waals surface area contributed by atoms with Crippen LogP contribution in [0.25, 0.3) is 10.9 Å². The van der Waals surface area contributed by atoms with Crippen LogP contribution in [0, 0.1) is 12.8 Å². The summed E-state index contributed by atoms with van der Waals surface area (Å²) in [6.07, 6.45) is 2.35. The zero-order valence-corrected chi connectivity index (χ0v) is 11.5. The van der Waals surface area contributed by atoms with Crippen molar-refractivity contribution < 1.29 is 0 Å². The van der Waals surface area contributed by atoms with Crippen LogP contribution in [0.15, 0.2) is 18.2 Å². The van der Waals surface area contributed by atoms with Crippen molar-refractivity contribution in [1.82, 2.24) is 10.3 Å². The van der Waals surface area contributed by atoms with E-state index in [1.165, 1.54) is 28.6 Å². The molecule has 2 N–H and O–H groups in total. The summed E-state index contributed by atoms with van der Waals surface area (Å²) in [5.41, 5.74) is 5.68. The standard InChI is InChI=1S/C16H22N2/c1-10(2)9-14-16-12(7-8-17-14)15-11(3)5-4-6-13(15)18-16/h4-6,10,14,17-18H,7-9H2,1-3H3. The first-order chi connectivity index (χ1) is 8.66. The maximum absolute atomic E-state index is 3.66. The number of rotatable bonds is 2. The molecule has 0 saturated carbocycles. The molecular weight excluding hydrogens is 220 g/mol. The molecule has 1 aliphatic heterocycles. The Bertz CT molecular complexity index is 566. The van der Waals surface area contributed by atoms with Crippen molar-refractivity contribution in [1.29, 1.82) is 0 Å². The van der Waals surface area contributed by atoms with E-state index >= 15 is 0 Å². The number of aromatic amines is 1. The Kier molecular flexibility index (Phi) is 2.90. The molecule has 96 valence electrons. The van der Waals surface area contributed by atoms with Gasteiger partial charge in [-0.15, -0.1) is 0 Å². The third-order valence-corrected chi connectivity index (χ3v) is 3.99. The number of H-pyrrole nitrogens is 1. The number of fused-ring (bicyclic) bond motifs is 3. The number of hydrogen-bond acceptors (Lipinski definition) is 1. The van der Waals surface area contributed by atoms with Crippen molar-refractivity contribution in [3.63, 3.8) is 0 Å². The van der Waals surface area contributed by atoms with Gasteiger partial charge in [-0.05, 0) is 49.4 Å². The van der Waals surface area contributed by atoms with E-state index in [0.717, 1.165) is 18.9 Å². The average molecular weight is 242 g/mol. The molecular formula is C16H22N2. The topological polar surface area (TPSA) is 27.8 Å². The minimum atomic E-state index is 0.501. The van der Waals surface area contributed by atoms with Crippen LogP contribution in [0.4, 0.5) is 0 Å². The Morgan fingerprint density at radius 1 is 1.33 bits per heavy atom. The fourth-order valence-corrected chi connectivity index (χ4v) is 3.23. The van der Waals surface area contributed by atoms with E-state index in [1.807, 2.05) is 0 Å². The van der Waals surface area contributed by atoms with Crippen LogP contribution in [0.3, 0.4) is 0 Å². The van der Waals surface area contributed by atoms with Gasteiger partial charge in [-0.2, -0.15) is 0 Å². The zero-order valence-electron chi connectivity index (χ0n) is 11.5. The van der Waals surface area contributed by atoms with Crippen LogP contribution in [0.2, 0.25) is 0 Å². The highest BCUT2D eigenvalue weighted by Crippen LogP contribution is 2.34. The molecule has 2 nitrogen and oxygen atoms in total. The van der Waals surface area contributed by atoms with Crippen molar-refractivity contribution in [3.05, 3.63) is 35.0 Å². The Morgan fingerprint density at radius 3 is 2.94 bits per heavy atom. The first-order valence-corrected chi connectivity index (χ1v) is 7.00. The molecule has 0 saturated heterocycles. The molecule has 3 rings (SSSR count). The fourth-order valence-electron chi connectivity index (χ4n) is 3.23. The molecule has 0 radical (unpaired) electrons. The van der Waals surface area contributed by atoms with Gasteiger partial charge in [0.1, 0.15) is 0 Å². The molecule has 1 unspecified atom stereocenters. The molecule has 2 aromatic rings. The van der Waals surface area contributed by atoms with E-state index < -0.39 is 0 Å². The quantitative estimate of drug-likeness (QED) is 0.825. The lowest BCUT2D eigenvalue weighted by molar-refractivity contribution is 0.409. The second kappa shape index (κ2) is 4.43. The van der Waals surface area contributed by atoms with Gasteiger partial charge in [0.15, 0.2) is 0 Å². The molecule has 0 amide bonds. The van der Waals surface area contributed by atoms with Crippen LogP contribution < -0.4 is 5.32 Å². The second-order valence-corrected chi connectivity index (χ2v) is 5.90. The Labute approximate surface area is 109 Å². The molecule has 2 heteroatoms. The largest absolute Gasteiger partial charge is 0.357 e. The van der Waals surface area contributed by atoms with Gasteiger partial charge in [-0.25, -0.2) is 0 Å². The van der Waals surface area contributed by atoms with Gasteiger partial charge in [0, 0.05) is 22.6 Å². The molecule has 2 heterocycles. The highest BCUT2D eigenvalue weighted by atomic mass is 15.0. The van der Waals surface area contributed by atoms with Crippen LogP contribution in [-0.2, 0) is 6.42 Å². The maximum atomic E-state index is 3.66. The predicted octanol–water partition coefficient (Wildman–Crippen LogP) is 3.71. The van der Waals surface area contributed by atoms with Gasteiger partial charge >= 0.3 is 0 Å². The van der Waals surface area contributed by atoms with Crippen LogP contribution in [-0.4, -0.2) is 11.5 Å². The number of aryl methyl sites for hydroxylation is 1. The average Bonchev–Trinajstić information content (AvgIpc) is 2.69. The molecule has 0 fully saturated rings. The van der Waals surface area contributed by atoms with Crippen molar-refractivity contribution in [2.45, 2.75) is 39.7 Å². The van der Waals surface area contributed by atoms with Gasteiger partial charge in [-0.3, -0.25) is 0 Å². The lowest BCUT2D eigenvalue weighted by Crippen LogP contribution is -2.30. The maximum Gasteiger partial charge on any atom is 0.0478 e. The number of hydrogen-bond donors (Lipinski definition) is 2. The lowest BCUT2D eigenvalue weighted by Gasteiger charge is -2.25. The van der Waals surface area contributed by atoms with E-state index in [2.05, 4.69) is 49.3 Å². The predicted molar refractivity (Wildman–Crippen MR) is 76.9 cm³/mol. The van der Waals surface area contributed by atoms with Gasteiger partial charge in [0.25, 0.3) is 0 Å². The summed E-state index contributed by atoms with van der Waals surface area (Å²) in [5, 5.41) is 5.12. The van der Waals surface area contributed by atoms with Crippen LogP contribution in [0.1, 0.15) is 43.1 Å². The van der Waals surface area contributed by atoms with Crippen molar-refractivity contribution >= 4 is 10.9 Å². The summed E-state index contributed by atoms with van der Waals surface area (Å²) < 4.78 is 0. The molecule has 0 bridgehead atoms. The van der Waals surface area contributed by atoms with Crippen LogP contribution in [0.5, 0.6) is 0 Å². The molecule has 1 atom stereocenters. The smallest absolute Gasteiger partial charge is 0.0478 e. The Hall–Kier alpha value is -1.28. The lowest BCUT2D eigenvalue weighted by atomic mass is 9.92. The van der Waals surface area contributed by atoms with Crippen molar-refractivity contribution in [3.8, 4) is 0 Å². The summed E-state index contributed by atoms with van der Waals surface area (Å²) in [6.45, 7) is 7.91. The zero-order chi connectivity index (χ0) is 12.7. The molecule has 0 aliphatic carbocycles. The van der Waals surface area contributed by atoms with E-state index in [9.17, 15) is 0 Å². The van der Waals surface area contributed by atoms with E-state index in [1.54, 1.807) is 5.56 Å². The van der Waals surface area contributed by atoms with Crippen molar-refractivity contribution in [2.24, 2.45) is 5.92 Å². The first-order valence-electron chi connectivity index (χ1n) is 7.00. The highest BCUT2D eigenvalue weighted by molar-refractivity contribution is 5.88. The number of benzene rings is 1. The number of nitrogens with one attached hydrogen (secondary N) is 2. The van der Waals surface area contributed by atoms with E-state index in [0.29, 0.717) is 6.04 Å². The molecule has 1 aliphatic rings. The summed E-state index contributed by atoms with van der Waals surface area (Å²) in [6, 6.07) is 7.06. The minimum Gasteiger partial charge on any atom is -0.357 e. The van der Waals surface area contributed by atoms with E-state index in [4.69, 9.17) is 0 Å². The fraction of sp³-hybridized carbons (Fsp3) is 0.500. The first kappa shape index (κ1) is 11.8. The van der Waals surface area contributed by atoms with Gasteiger partial charge in [-0.1, -0.05) is 26.0 Å². The summed E-state index contributed by atoms with van der Waals surface area (Å²) >= 11 is 0. The van der Waals surface area contributed by atoms with E-state index in [-0.39, 0.29) is 0 Å². The molecule has 1 aromatic carbocycles. The monoisotopic (exact) mass is 242 g/mol. The summed E-state index contributed by atoms with van der Waals surface area (Å²) in [5.74, 6) is 0.723. The molecule has 1 aromatic heterocycles. The Balaban J connectivity index is 2.13. The number of aromatic nitrogens is 1. The minimum absolute atomic E-state index is 0.501. The van der Waals surface area contributed by atoms with Gasteiger partial charge in [0.05, 0.1) is 0 Å². The van der Waals surface area contributed by atoms with Gasteiger partial charge < -0.3 is 10.3 Å². The molecule has 18 heavy (non-hydrogen) atoms. The highest BCUT2D eigenvalue weighted by Gasteiger charge is 2.24. The third kappa shape index (κ3) is 1.85. The SMILES string of the molecule is Cc1cccc2[nH]c3c(c12)CCNC3CC(C)C. The van der Waals surface area contributed by atoms with Crippen molar-refractivity contribution in [2.75, 3.05) is 6.54 Å². The molecule has 0 spiro atoms. The summed E-state index contributed by atoms with van der Waals surface area (Å²) in [7, 11) is 0. The summed E-state index contributed by atoms with van der Waals surface area (Å²) in [4.78, 5) is 3.65.